The van der Waals surface area contributed by atoms with Crippen molar-refractivity contribution in [3.8, 4) is 0 Å². The van der Waals surface area contributed by atoms with Crippen LogP contribution in [0.25, 0.3) is 11.2 Å². The lowest BCUT2D eigenvalue weighted by Gasteiger charge is -2.24. The lowest BCUT2D eigenvalue weighted by molar-refractivity contribution is 0.351. The van der Waals surface area contributed by atoms with Gasteiger partial charge in [-0.25, -0.2) is 9.97 Å². The van der Waals surface area contributed by atoms with E-state index in [1.165, 1.54) is 17.3 Å². The molecule has 1 aliphatic rings. The molecule has 0 bridgehead atoms. The van der Waals surface area contributed by atoms with Gasteiger partial charge in [0.2, 0.25) is 0 Å². The van der Waals surface area contributed by atoms with Crippen LogP contribution in [0, 0.1) is 0 Å². The van der Waals surface area contributed by atoms with Gasteiger partial charge in [-0.05, 0) is 12.8 Å². The standard InChI is InChI=1S/C12H13ClN4O2/c13-9-8-10(15-6-14-9)17(12(19)11(18)16-8)7-4-2-1-3-5-7/h6-7H,1-5H2,(H,16,18). The lowest BCUT2D eigenvalue weighted by atomic mass is 9.95. The van der Waals surface area contributed by atoms with Gasteiger partial charge in [-0.2, -0.15) is 0 Å². The summed E-state index contributed by atoms with van der Waals surface area (Å²) in [6, 6.07) is 0.0250. The zero-order chi connectivity index (χ0) is 13.4. The van der Waals surface area contributed by atoms with Gasteiger partial charge < -0.3 is 4.98 Å². The maximum absolute atomic E-state index is 12.1. The third-order valence-corrected chi connectivity index (χ3v) is 3.89. The van der Waals surface area contributed by atoms with Crippen LogP contribution in [-0.4, -0.2) is 19.5 Å². The number of aromatic nitrogens is 4. The van der Waals surface area contributed by atoms with E-state index >= 15 is 0 Å². The van der Waals surface area contributed by atoms with Crippen LogP contribution in [0.2, 0.25) is 5.15 Å². The molecule has 1 N–H and O–H groups in total. The molecule has 7 heteroatoms. The lowest BCUT2D eigenvalue weighted by Crippen LogP contribution is -2.39. The van der Waals surface area contributed by atoms with Gasteiger partial charge in [0, 0.05) is 6.04 Å². The van der Waals surface area contributed by atoms with E-state index in [4.69, 9.17) is 11.6 Å². The summed E-state index contributed by atoms with van der Waals surface area (Å²) in [6.45, 7) is 0. The normalized spacial score (nSPS) is 16.9. The molecule has 0 amide bonds. The number of fused-ring (bicyclic) bond motifs is 1. The van der Waals surface area contributed by atoms with Crippen LogP contribution in [0.3, 0.4) is 0 Å². The van der Waals surface area contributed by atoms with Crippen LogP contribution in [0.4, 0.5) is 0 Å². The summed E-state index contributed by atoms with van der Waals surface area (Å²) in [5.74, 6) is 0. The zero-order valence-corrected chi connectivity index (χ0v) is 11.0. The maximum atomic E-state index is 12.1. The average Bonchev–Trinajstić information content (AvgIpc) is 2.42. The molecule has 0 radical (unpaired) electrons. The fourth-order valence-corrected chi connectivity index (χ4v) is 2.87. The van der Waals surface area contributed by atoms with Crippen LogP contribution in [0.1, 0.15) is 38.1 Å². The molecule has 100 valence electrons. The molecule has 0 saturated heterocycles. The van der Waals surface area contributed by atoms with Gasteiger partial charge in [-0.1, -0.05) is 30.9 Å². The Morgan fingerprint density at radius 2 is 1.95 bits per heavy atom. The third-order valence-electron chi connectivity index (χ3n) is 3.60. The molecule has 1 fully saturated rings. The Labute approximate surface area is 113 Å². The molecular formula is C12H13ClN4O2. The Morgan fingerprint density at radius 3 is 2.68 bits per heavy atom. The highest BCUT2D eigenvalue weighted by Crippen LogP contribution is 2.28. The van der Waals surface area contributed by atoms with Crippen LogP contribution in [0.5, 0.6) is 0 Å². The number of nitrogens with one attached hydrogen (secondary N) is 1. The predicted molar refractivity (Wildman–Crippen MR) is 71.6 cm³/mol. The van der Waals surface area contributed by atoms with E-state index < -0.39 is 11.1 Å². The number of hydrogen-bond donors (Lipinski definition) is 1. The van der Waals surface area contributed by atoms with E-state index in [1.54, 1.807) is 0 Å². The molecule has 0 atom stereocenters. The molecule has 0 spiro atoms. The predicted octanol–water partition coefficient (Wildman–Crippen LogP) is 1.64. The maximum Gasteiger partial charge on any atom is 0.318 e. The molecule has 0 aliphatic heterocycles. The summed E-state index contributed by atoms with van der Waals surface area (Å²) in [7, 11) is 0. The summed E-state index contributed by atoms with van der Waals surface area (Å²) in [5.41, 5.74) is -0.486. The fraction of sp³-hybridized carbons (Fsp3) is 0.500. The molecule has 0 aromatic carbocycles. The quantitative estimate of drug-likeness (QED) is 0.636. The van der Waals surface area contributed by atoms with Crippen LogP contribution in [-0.2, 0) is 0 Å². The summed E-state index contributed by atoms with van der Waals surface area (Å²) >= 11 is 5.96. The van der Waals surface area contributed by atoms with Crippen molar-refractivity contribution in [1.82, 2.24) is 19.5 Å². The minimum atomic E-state index is -0.672. The van der Waals surface area contributed by atoms with Gasteiger partial charge in [0.15, 0.2) is 10.8 Å². The number of nitrogens with zero attached hydrogens (tertiary/aromatic N) is 3. The highest BCUT2D eigenvalue weighted by Gasteiger charge is 2.21. The van der Waals surface area contributed by atoms with Crippen molar-refractivity contribution < 1.29 is 0 Å². The smallest absolute Gasteiger partial charge is 0.312 e. The summed E-state index contributed by atoms with van der Waals surface area (Å²) in [5, 5.41) is 0.159. The number of hydrogen-bond acceptors (Lipinski definition) is 4. The molecule has 2 aromatic heterocycles. The van der Waals surface area contributed by atoms with E-state index in [0.717, 1.165) is 25.7 Å². The zero-order valence-electron chi connectivity index (χ0n) is 10.2. The Kier molecular flexibility index (Phi) is 3.10. The molecule has 19 heavy (non-hydrogen) atoms. The summed E-state index contributed by atoms with van der Waals surface area (Å²) in [6.07, 6.45) is 6.37. The first kappa shape index (κ1) is 12.3. The Balaban J connectivity index is 2.32. The number of aromatic amines is 1. The fourth-order valence-electron chi connectivity index (χ4n) is 2.70. The van der Waals surface area contributed by atoms with Gasteiger partial charge >= 0.3 is 11.1 Å². The molecule has 6 nitrogen and oxygen atoms in total. The minimum absolute atomic E-state index is 0.0250. The molecule has 1 aliphatic carbocycles. The van der Waals surface area contributed by atoms with Gasteiger partial charge in [-0.3, -0.25) is 14.2 Å². The Hall–Kier alpha value is -1.69. The van der Waals surface area contributed by atoms with Crippen molar-refractivity contribution in [2.45, 2.75) is 38.1 Å². The Bertz CT molecular complexity index is 731. The van der Waals surface area contributed by atoms with Crippen molar-refractivity contribution in [1.29, 1.82) is 0 Å². The number of halogens is 1. The van der Waals surface area contributed by atoms with Crippen molar-refractivity contribution in [2.75, 3.05) is 0 Å². The highest BCUT2D eigenvalue weighted by atomic mass is 35.5. The Morgan fingerprint density at radius 1 is 1.21 bits per heavy atom. The topological polar surface area (TPSA) is 80.6 Å². The first-order valence-electron chi connectivity index (χ1n) is 6.33. The summed E-state index contributed by atoms with van der Waals surface area (Å²) < 4.78 is 1.49. The van der Waals surface area contributed by atoms with Gasteiger partial charge in [0.25, 0.3) is 0 Å². The third kappa shape index (κ3) is 2.06. The van der Waals surface area contributed by atoms with Crippen LogP contribution in [0.15, 0.2) is 15.9 Å². The van der Waals surface area contributed by atoms with E-state index in [-0.39, 0.29) is 11.2 Å². The van der Waals surface area contributed by atoms with Crippen LogP contribution >= 0.6 is 11.6 Å². The molecule has 3 rings (SSSR count). The monoisotopic (exact) mass is 280 g/mol. The first-order valence-corrected chi connectivity index (χ1v) is 6.71. The molecule has 1 saturated carbocycles. The minimum Gasteiger partial charge on any atom is -0.312 e. The van der Waals surface area contributed by atoms with Crippen LogP contribution < -0.4 is 11.1 Å². The molecule has 2 aromatic rings. The second kappa shape index (κ2) is 4.77. The van der Waals surface area contributed by atoms with Crippen molar-refractivity contribution in [2.24, 2.45) is 0 Å². The first-order chi connectivity index (χ1) is 9.18. The number of H-pyrrole nitrogens is 1. The highest BCUT2D eigenvalue weighted by molar-refractivity contribution is 6.33. The van der Waals surface area contributed by atoms with E-state index in [2.05, 4.69) is 15.0 Å². The van der Waals surface area contributed by atoms with Gasteiger partial charge in [-0.15, -0.1) is 0 Å². The van der Waals surface area contributed by atoms with E-state index in [0.29, 0.717) is 11.2 Å². The molecule has 0 unspecified atom stereocenters. The van der Waals surface area contributed by atoms with Crippen molar-refractivity contribution >= 4 is 22.8 Å². The summed E-state index contributed by atoms with van der Waals surface area (Å²) in [4.78, 5) is 34.3. The average molecular weight is 281 g/mol. The van der Waals surface area contributed by atoms with Crippen molar-refractivity contribution in [3.63, 3.8) is 0 Å². The number of rotatable bonds is 1. The van der Waals surface area contributed by atoms with Crippen molar-refractivity contribution in [3.05, 3.63) is 32.2 Å². The van der Waals surface area contributed by atoms with E-state index in [1.807, 2.05) is 0 Å². The van der Waals surface area contributed by atoms with Gasteiger partial charge in [0.05, 0.1) is 0 Å². The second-order valence-corrected chi connectivity index (χ2v) is 5.14. The van der Waals surface area contributed by atoms with Gasteiger partial charge in [0.1, 0.15) is 11.8 Å². The SMILES string of the molecule is O=c1[nH]c2c(Cl)ncnc2n(C2CCCCC2)c1=O. The second-order valence-electron chi connectivity index (χ2n) is 4.78. The molecule has 2 heterocycles. The molecular weight excluding hydrogens is 268 g/mol. The largest absolute Gasteiger partial charge is 0.318 e. The van der Waals surface area contributed by atoms with E-state index in [9.17, 15) is 9.59 Å².